The van der Waals surface area contributed by atoms with Crippen LogP contribution in [0.2, 0.25) is 10.0 Å². The summed E-state index contributed by atoms with van der Waals surface area (Å²) in [6.07, 6.45) is 0. The first-order valence-electron chi connectivity index (χ1n) is 7.89. The van der Waals surface area contributed by atoms with Crippen molar-refractivity contribution in [3.05, 3.63) is 63.9 Å². The molecular weight excluding hydrogens is 386 g/mol. The second kappa shape index (κ2) is 7.60. The van der Waals surface area contributed by atoms with Crippen LogP contribution in [0.3, 0.4) is 0 Å². The number of rotatable bonds is 4. The Labute approximate surface area is 156 Å². The highest BCUT2D eigenvalue weighted by Crippen LogP contribution is 2.27. The van der Waals surface area contributed by atoms with Gasteiger partial charge in [-0.2, -0.15) is 4.31 Å². The van der Waals surface area contributed by atoms with Gasteiger partial charge in [0.1, 0.15) is 17.3 Å². The number of nitrogens with one attached hydrogen (secondary N) is 1. The predicted molar refractivity (Wildman–Crippen MR) is 96.0 cm³/mol. The second-order valence-corrected chi connectivity index (χ2v) is 8.78. The van der Waals surface area contributed by atoms with E-state index in [1.807, 2.05) is 0 Å². The SMILES string of the molecule is O=S(=O)(c1cc(Cl)ccc1Cl)N1CC[NH+](Cc2ccc(F)cc2)CC1. The van der Waals surface area contributed by atoms with Gasteiger partial charge in [0.2, 0.25) is 10.0 Å². The van der Waals surface area contributed by atoms with Crippen molar-refractivity contribution in [2.75, 3.05) is 26.2 Å². The van der Waals surface area contributed by atoms with E-state index in [-0.39, 0.29) is 15.7 Å². The Kier molecular flexibility index (Phi) is 5.65. The Morgan fingerprint density at radius 2 is 1.68 bits per heavy atom. The summed E-state index contributed by atoms with van der Waals surface area (Å²) >= 11 is 12.0. The van der Waals surface area contributed by atoms with Gasteiger partial charge < -0.3 is 4.90 Å². The quantitative estimate of drug-likeness (QED) is 0.850. The van der Waals surface area contributed by atoms with Crippen LogP contribution in [0.15, 0.2) is 47.4 Å². The smallest absolute Gasteiger partial charge is 0.245 e. The van der Waals surface area contributed by atoms with E-state index in [9.17, 15) is 12.8 Å². The Bertz CT molecular complexity index is 851. The van der Waals surface area contributed by atoms with Crippen molar-refractivity contribution >= 4 is 33.2 Å². The third-order valence-corrected chi connectivity index (χ3v) is 6.92. The number of hydrogen-bond donors (Lipinski definition) is 1. The van der Waals surface area contributed by atoms with Crippen molar-refractivity contribution in [1.29, 1.82) is 0 Å². The molecule has 0 bridgehead atoms. The fourth-order valence-electron chi connectivity index (χ4n) is 2.92. The van der Waals surface area contributed by atoms with Gasteiger partial charge in [0, 0.05) is 10.6 Å². The van der Waals surface area contributed by atoms with Crippen molar-refractivity contribution in [2.24, 2.45) is 0 Å². The minimum absolute atomic E-state index is 0.0450. The molecule has 1 aliphatic rings. The van der Waals surface area contributed by atoms with Crippen LogP contribution in [0.4, 0.5) is 4.39 Å². The first kappa shape index (κ1) is 18.6. The molecule has 1 fully saturated rings. The molecule has 8 heteroatoms. The number of piperazine rings is 1. The molecule has 3 rings (SSSR count). The second-order valence-electron chi connectivity index (χ2n) is 6.03. The molecule has 2 aromatic carbocycles. The van der Waals surface area contributed by atoms with E-state index < -0.39 is 10.0 Å². The lowest BCUT2D eigenvalue weighted by molar-refractivity contribution is -0.917. The van der Waals surface area contributed by atoms with Crippen LogP contribution >= 0.6 is 23.2 Å². The molecule has 0 aliphatic carbocycles. The highest BCUT2D eigenvalue weighted by molar-refractivity contribution is 7.89. The molecule has 0 atom stereocenters. The summed E-state index contributed by atoms with van der Waals surface area (Å²) in [6, 6.07) is 10.8. The molecule has 134 valence electrons. The molecule has 25 heavy (non-hydrogen) atoms. The van der Waals surface area contributed by atoms with E-state index >= 15 is 0 Å². The molecule has 0 amide bonds. The highest BCUT2D eigenvalue weighted by Gasteiger charge is 2.31. The molecule has 0 spiro atoms. The maximum atomic E-state index is 13.0. The maximum Gasteiger partial charge on any atom is 0.245 e. The van der Waals surface area contributed by atoms with Crippen molar-refractivity contribution in [1.82, 2.24) is 4.31 Å². The molecule has 1 aliphatic heterocycles. The van der Waals surface area contributed by atoms with Gasteiger partial charge in [0.15, 0.2) is 0 Å². The summed E-state index contributed by atoms with van der Waals surface area (Å²) in [4.78, 5) is 1.30. The molecule has 0 radical (unpaired) electrons. The zero-order valence-electron chi connectivity index (χ0n) is 13.4. The first-order chi connectivity index (χ1) is 11.9. The molecule has 1 saturated heterocycles. The monoisotopic (exact) mass is 403 g/mol. The number of nitrogens with zero attached hydrogens (tertiary/aromatic N) is 1. The summed E-state index contributed by atoms with van der Waals surface area (Å²) in [5.41, 5.74) is 1.03. The topological polar surface area (TPSA) is 41.8 Å². The summed E-state index contributed by atoms with van der Waals surface area (Å²) < 4.78 is 40.0. The van der Waals surface area contributed by atoms with Crippen LogP contribution in [-0.2, 0) is 16.6 Å². The Hall–Kier alpha value is -1.18. The van der Waals surface area contributed by atoms with Gasteiger partial charge in [-0.1, -0.05) is 35.3 Å². The molecular formula is C17H18Cl2FN2O2S+. The van der Waals surface area contributed by atoms with Gasteiger partial charge in [-0.05, 0) is 30.3 Å². The third kappa shape index (κ3) is 4.33. The third-order valence-electron chi connectivity index (χ3n) is 4.31. The van der Waals surface area contributed by atoms with Crippen LogP contribution in [0, 0.1) is 5.82 Å². The van der Waals surface area contributed by atoms with Crippen LogP contribution in [0.25, 0.3) is 0 Å². The van der Waals surface area contributed by atoms with Crippen molar-refractivity contribution < 1.29 is 17.7 Å². The van der Waals surface area contributed by atoms with Crippen molar-refractivity contribution in [3.8, 4) is 0 Å². The molecule has 0 saturated carbocycles. The van der Waals surface area contributed by atoms with Gasteiger partial charge in [0.25, 0.3) is 0 Å². The lowest BCUT2D eigenvalue weighted by Crippen LogP contribution is -3.13. The number of halogens is 3. The minimum Gasteiger partial charge on any atom is -0.329 e. The number of hydrogen-bond acceptors (Lipinski definition) is 2. The fourth-order valence-corrected chi connectivity index (χ4v) is 5.10. The van der Waals surface area contributed by atoms with E-state index in [0.29, 0.717) is 31.2 Å². The van der Waals surface area contributed by atoms with Gasteiger partial charge in [-0.3, -0.25) is 0 Å². The number of quaternary nitrogens is 1. The average Bonchev–Trinajstić information content (AvgIpc) is 2.59. The summed E-state index contributed by atoms with van der Waals surface area (Å²) in [6.45, 7) is 2.90. The Morgan fingerprint density at radius 1 is 1.04 bits per heavy atom. The van der Waals surface area contributed by atoms with E-state index in [4.69, 9.17) is 23.2 Å². The van der Waals surface area contributed by atoms with Crippen molar-refractivity contribution in [2.45, 2.75) is 11.4 Å². The maximum absolute atomic E-state index is 13.0. The summed E-state index contributed by atoms with van der Waals surface area (Å²) in [5, 5.41) is 0.508. The molecule has 4 nitrogen and oxygen atoms in total. The van der Waals surface area contributed by atoms with E-state index in [1.165, 1.54) is 33.5 Å². The largest absolute Gasteiger partial charge is 0.329 e. The van der Waals surface area contributed by atoms with Crippen LogP contribution in [0.1, 0.15) is 5.56 Å². The van der Waals surface area contributed by atoms with Gasteiger partial charge in [-0.15, -0.1) is 0 Å². The number of sulfonamides is 1. The van der Waals surface area contributed by atoms with Crippen LogP contribution in [-0.4, -0.2) is 38.9 Å². The van der Waals surface area contributed by atoms with Crippen LogP contribution in [0.5, 0.6) is 0 Å². The van der Waals surface area contributed by atoms with Gasteiger partial charge >= 0.3 is 0 Å². The fraction of sp³-hybridized carbons (Fsp3) is 0.294. The van der Waals surface area contributed by atoms with Gasteiger partial charge in [-0.25, -0.2) is 12.8 Å². The molecule has 2 aromatic rings. The lowest BCUT2D eigenvalue weighted by Gasteiger charge is -2.31. The lowest BCUT2D eigenvalue weighted by atomic mass is 10.2. The zero-order valence-corrected chi connectivity index (χ0v) is 15.7. The standard InChI is InChI=1S/C17H17Cl2FN2O2S/c18-14-3-6-16(19)17(11-14)25(23,24)22-9-7-21(8-10-22)12-13-1-4-15(20)5-2-13/h1-6,11H,7-10,12H2/p+1. The molecule has 0 unspecified atom stereocenters. The normalized spacial score (nSPS) is 16.9. The molecule has 1 heterocycles. The van der Waals surface area contributed by atoms with E-state index in [2.05, 4.69) is 0 Å². The number of benzene rings is 2. The minimum atomic E-state index is -3.66. The van der Waals surface area contributed by atoms with E-state index in [1.54, 1.807) is 18.2 Å². The Balaban J connectivity index is 1.67. The molecule has 0 aromatic heterocycles. The summed E-state index contributed by atoms with van der Waals surface area (Å²) in [5.74, 6) is -0.256. The van der Waals surface area contributed by atoms with Crippen LogP contribution < -0.4 is 4.90 Å². The van der Waals surface area contributed by atoms with Gasteiger partial charge in [0.05, 0.1) is 31.2 Å². The zero-order chi connectivity index (χ0) is 18.0. The first-order valence-corrected chi connectivity index (χ1v) is 10.1. The van der Waals surface area contributed by atoms with Crippen molar-refractivity contribution in [3.63, 3.8) is 0 Å². The Morgan fingerprint density at radius 3 is 2.32 bits per heavy atom. The highest BCUT2D eigenvalue weighted by atomic mass is 35.5. The van der Waals surface area contributed by atoms with E-state index in [0.717, 1.165) is 12.1 Å². The predicted octanol–water partition coefficient (Wildman–Crippen LogP) is 2.22. The summed E-state index contributed by atoms with van der Waals surface area (Å²) in [7, 11) is -3.66. The molecule has 1 N–H and O–H groups in total. The average molecular weight is 404 g/mol.